The number of anilines is 2. The zero-order chi connectivity index (χ0) is 16.9. The number of benzene rings is 3. The Balaban J connectivity index is 1.83. The molecule has 120 valence electrons. The van der Waals surface area contributed by atoms with Crippen LogP contribution in [0.4, 0.5) is 22.7 Å². The molecule has 3 aromatic rings. The van der Waals surface area contributed by atoms with Gasteiger partial charge in [0.1, 0.15) is 17.2 Å². The molecule has 5 heteroatoms. The maximum Gasteiger partial charge on any atom is 0.145 e. The largest absolute Gasteiger partial charge is 0.506 e. The minimum absolute atomic E-state index is 0.0190. The van der Waals surface area contributed by atoms with E-state index in [0.29, 0.717) is 11.4 Å². The van der Waals surface area contributed by atoms with Gasteiger partial charge in [-0.05, 0) is 31.2 Å². The molecule has 0 atom stereocenters. The Morgan fingerprint density at radius 3 is 2.21 bits per heavy atom. The minimum atomic E-state index is -0.0675. The van der Waals surface area contributed by atoms with Gasteiger partial charge in [0.25, 0.3) is 0 Å². The number of nitrogens with zero attached hydrogens (tertiary/aromatic N) is 2. The van der Waals surface area contributed by atoms with Crippen LogP contribution in [-0.4, -0.2) is 10.2 Å². The van der Waals surface area contributed by atoms with E-state index in [1.807, 2.05) is 61.5 Å². The summed E-state index contributed by atoms with van der Waals surface area (Å²) >= 11 is 0. The highest BCUT2D eigenvalue weighted by Crippen LogP contribution is 2.38. The predicted octanol–water partition coefficient (Wildman–Crippen LogP) is 5.57. The van der Waals surface area contributed by atoms with Gasteiger partial charge in [-0.3, -0.25) is 0 Å². The van der Waals surface area contributed by atoms with Crippen LogP contribution in [0.2, 0.25) is 0 Å². The highest BCUT2D eigenvalue weighted by Gasteiger charge is 2.09. The summed E-state index contributed by atoms with van der Waals surface area (Å²) in [5, 5.41) is 31.4. The summed E-state index contributed by atoms with van der Waals surface area (Å²) in [5.41, 5.74) is 3.21. The number of hydrogen-bond donors (Lipinski definition) is 3. The van der Waals surface area contributed by atoms with Crippen LogP contribution in [0.1, 0.15) is 5.56 Å². The third kappa shape index (κ3) is 3.70. The maximum atomic E-state index is 10.1. The van der Waals surface area contributed by atoms with Gasteiger partial charge in [-0.1, -0.05) is 35.9 Å². The SMILES string of the molecule is Cc1ccc(N=Nc2cc(O)c(Nc3ccccc3)cc2O)cc1. The molecule has 0 fully saturated rings. The summed E-state index contributed by atoms with van der Waals surface area (Å²) in [7, 11) is 0. The molecule has 3 aromatic carbocycles. The van der Waals surface area contributed by atoms with Crippen LogP contribution in [0.3, 0.4) is 0 Å². The molecular weight excluding hydrogens is 302 g/mol. The lowest BCUT2D eigenvalue weighted by molar-refractivity contribution is 0.463. The van der Waals surface area contributed by atoms with E-state index in [-0.39, 0.29) is 17.2 Å². The first kappa shape index (κ1) is 15.6. The fraction of sp³-hybridized carbons (Fsp3) is 0.0526. The highest BCUT2D eigenvalue weighted by molar-refractivity contribution is 5.72. The average molecular weight is 319 g/mol. The number of aryl methyl sites for hydroxylation is 1. The summed E-state index contributed by atoms with van der Waals surface area (Å²) in [6, 6.07) is 19.7. The summed E-state index contributed by atoms with van der Waals surface area (Å²) in [5.74, 6) is -0.0865. The van der Waals surface area contributed by atoms with Crippen LogP contribution in [0.5, 0.6) is 11.5 Å². The molecule has 0 saturated carbocycles. The summed E-state index contributed by atoms with van der Waals surface area (Å²) in [6.07, 6.45) is 0. The predicted molar refractivity (Wildman–Crippen MR) is 94.9 cm³/mol. The molecule has 0 heterocycles. The van der Waals surface area contributed by atoms with Crippen LogP contribution in [0.15, 0.2) is 77.0 Å². The highest BCUT2D eigenvalue weighted by atomic mass is 16.3. The molecule has 0 amide bonds. The van der Waals surface area contributed by atoms with Crippen LogP contribution in [-0.2, 0) is 0 Å². The van der Waals surface area contributed by atoms with Gasteiger partial charge < -0.3 is 15.5 Å². The summed E-state index contributed by atoms with van der Waals surface area (Å²) < 4.78 is 0. The second-order valence-electron chi connectivity index (χ2n) is 5.38. The van der Waals surface area contributed by atoms with Gasteiger partial charge in [0.2, 0.25) is 0 Å². The Bertz CT molecular complexity index is 860. The molecule has 0 bridgehead atoms. The van der Waals surface area contributed by atoms with Crippen LogP contribution in [0, 0.1) is 6.92 Å². The van der Waals surface area contributed by atoms with Crippen LogP contribution >= 0.6 is 0 Å². The van der Waals surface area contributed by atoms with Gasteiger partial charge in [-0.15, -0.1) is 5.11 Å². The third-order valence-electron chi connectivity index (χ3n) is 3.45. The van der Waals surface area contributed by atoms with Crippen molar-refractivity contribution in [2.75, 3.05) is 5.32 Å². The minimum Gasteiger partial charge on any atom is -0.506 e. The second kappa shape index (κ2) is 6.83. The molecule has 0 saturated heterocycles. The second-order valence-corrected chi connectivity index (χ2v) is 5.38. The van der Waals surface area contributed by atoms with Gasteiger partial charge in [0.05, 0.1) is 11.4 Å². The zero-order valence-electron chi connectivity index (χ0n) is 13.1. The molecule has 0 spiro atoms. The van der Waals surface area contributed by atoms with Crippen molar-refractivity contribution >= 4 is 22.7 Å². The number of phenolic OH excluding ortho intramolecular Hbond substituents is 2. The lowest BCUT2D eigenvalue weighted by atomic mass is 10.2. The smallest absolute Gasteiger partial charge is 0.145 e. The Kier molecular flexibility index (Phi) is 4.43. The van der Waals surface area contributed by atoms with Crippen molar-refractivity contribution in [3.05, 3.63) is 72.3 Å². The molecule has 3 rings (SSSR count). The molecule has 3 N–H and O–H groups in total. The van der Waals surface area contributed by atoms with Crippen LogP contribution < -0.4 is 5.32 Å². The Hall–Kier alpha value is -3.34. The van der Waals surface area contributed by atoms with E-state index in [9.17, 15) is 10.2 Å². The van der Waals surface area contributed by atoms with Crippen molar-refractivity contribution in [3.8, 4) is 11.5 Å². The lowest BCUT2D eigenvalue weighted by Gasteiger charge is -2.10. The standard InChI is InChI=1S/C19H17N3O2/c1-13-7-9-15(10-8-13)21-22-17-12-18(23)16(11-19(17)24)20-14-5-3-2-4-6-14/h2-12,20,23-24H,1H3. The van der Waals surface area contributed by atoms with Gasteiger partial charge >= 0.3 is 0 Å². The fourth-order valence-corrected chi connectivity index (χ4v) is 2.15. The number of rotatable bonds is 4. The third-order valence-corrected chi connectivity index (χ3v) is 3.45. The first-order valence-corrected chi connectivity index (χ1v) is 7.48. The molecule has 0 aliphatic heterocycles. The molecule has 0 radical (unpaired) electrons. The topological polar surface area (TPSA) is 77.2 Å². The molecule has 24 heavy (non-hydrogen) atoms. The van der Waals surface area contributed by atoms with E-state index in [4.69, 9.17) is 0 Å². The normalized spacial score (nSPS) is 10.9. The quantitative estimate of drug-likeness (QED) is 0.334. The van der Waals surface area contributed by atoms with E-state index < -0.39 is 0 Å². The van der Waals surface area contributed by atoms with Crippen molar-refractivity contribution in [2.45, 2.75) is 6.92 Å². The first-order chi connectivity index (χ1) is 11.6. The number of aromatic hydroxyl groups is 2. The van der Waals surface area contributed by atoms with Gasteiger partial charge in [0.15, 0.2) is 0 Å². The van der Waals surface area contributed by atoms with Gasteiger partial charge in [-0.25, -0.2) is 0 Å². The Morgan fingerprint density at radius 1 is 0.792 bits per heavy atom. The van der Waals surface area contributed by atoms with Crippen molar-refractivity contribution in [2.24, 2.45) is 10.2 Å². The molecule has 0 aliphatic rings. The fourth-order valence-electron chi connectivity index (χ4n) is 2.15. The van der Waals surface area contributed by atoms with Gasteiger partial charge in [-0.2, -0.15) is 5.11 Å². The average Bonchev–Trinajstić information content (AvgIpc) is 2.59. The molecule has 0 aliphatic carbocycles. The Labute approximate surface area is 139 Å². The molecule has 0 unspecified atom stereocenters. The number of azo groups is 1. The van der Waals surface area contributed by atoms with E-state index >= 15 is 0 Å². The van der Waals surface area contributed by atoms with Crippen molar-refractivity contribution in [1.29, 1.82) is 0 Å². The van der Waals surface area contributed by atoms with Crippen molar-refractivity contribution < 1.29 is 10.2 Å². The Morgan fingerprint density at radius 2 is 1.50 bits per heavy atom. The van der Waals surface area contributed by atoms with Crippen LogP contribution in [0.25, 0.3) is 0 Å². The van der Waals surface area contributed by atoms with E-state index in [1.165, 1.54) is 12.1 Å². The maximum absolute atomic E-state index is 10.1. The lowest BCUT2D eigenvalue weighted by Crippen LogP contribution is -1.90. The number of hydrogen-bond acceptors (Lipinski definition) is 5. The number of para-hydroxylation sites is 1. The molecular formula is C19H17N3O2. The summed E-state index contributed by atoms with van der Waals surface area (Å²) in [6.45, 7) is 1.99. The number of phenols is 2. The zero-order valence-corrected chi connectivity index (χ0v) is 13.1. The van der Waals surface area contributed by atoms with Crippen molar-refractivity contribution in [3.63, 3.8) is 0 Å². The van der Waals surface area contributed by atoms with Crippen molar-refractivity contribution in [1.82, 2.24) is 0 Å². The first-order valence-electron chi connectivity index (χ1n) is 7.48. The molecule has 5 nitrogen and oxygen atoms in total. The van der Waals surface area contributed by atoms with E-state index in [0.717, 1.165) is 11.3 Å². The summed E-state index contributed by atoms with van der Waals surface area (Å²) in [4.78, 5) is 0. The monoisotopic (exact) mass is 319 g/mol. The number of nitrogens with one attached hydrogen (secondary N) is 1. The van der Waals surface area contributed by atoms with Gasteiger partial charge in [0, 0.05) is 17.8 Å². The molecule has 0 aromatic heterocycles. The van der Waals surface area contributed by atoms with E-state index in [1.54, 1.807) is 0 Å². The van der Waals surface area contributed by atoms with E-state index in [2.05, 4.69) is 15.5 Å².